The molecule has 1 aliphatic heterocycles. The van der Waals surface area contributed by atoms with Gasteiger partial charge >= 0.3 is 0 Å². The third-order valence-corrected chi connectivity index (χ3v) is 6.92. The Balaban J connectivity index is 1.41. The number of hydrogen-bond acceptors (Lipinski definition) is 2. The molecule has 2 heterocycles. The lowest BCUT2D eigenvalue weighted by atomic mass is 9.92. The summed E-state index contributed by atoms with van der Waals surface area (Å²) in [6.45, 7) is 3.91. The Hall–Kier alpha value is -2.70. The fourth-order valence-electron chi connectivity index (χ4n) is 4.63. The number of aromatic nitrogens is 2. The van der Waals surface area contributed by atoms with Crippen molar-refractivity contribution in [3.05, 3.63) is 92.9 Å². The summed E-state index contributed by atoms with van der Waals surface area (Å²) in [5.41, 5.74) is 2.05. The first kappa shape index (κ1) is 23.5. The van der Waals surface area contributed by atoms with E-state index in [4.69, 9.17) is 11.6 Å². The lowest BCUT2D eigenvalue weighted by Gasteiger charge is -2.36. The van der Waals surface area contributed by atoms with Crippen molar-refractivity contribution in [2.24, 2.45) is 13.0 Å². The average Bonchev–Trinajstić information content (AvgIpc) is 3.04. The molecule has 7 heteroatoms. The van der Waals surface area contributed by atoms with Crippen molar-refractivity contribution in [1.82, 2.24) is 14.3 Å². The molecule has 174 valence electrons. The van der Waals surface area contributed by atoms with E-state index in [0.717, 1.165) is 43.6 Å². The molecule has 0 N–H and O–H groups in total. The molecule has 0 aliphatic carbocycles. The number of allylic oxidation sites excluding steroid dienone is 1. The number of nitrogens with zero attached hydrogens (tertiary/aromatic N) is 3. The van der Waals surface area contributed by atoms with E-state index in [1.807, 2.05) is 13.1 Å². The van der Waals surface area contributed by atoms with E-state index in [1.54, 1.807) is 28.9 Å². The molecule has 0 radical (unpaired) electrons. The summed E-state index contributed by atoms with van der Waals surface area (Å²) in [7, 11) is 1.81. The van der Waals surface area contributed by atoms with Crippen LogP contribution >= 0.6 is 11.6 Å². The summed E-state index contributed by atoms with van der Waals surface area (Å²) in [5, 5.41) is 0.207. The molecule has 4 nitrogen and oxygen atoms in total. The maximum absolute atomic E-state index is 13.3. The molecule has 0 bridgehead atoms. The maximum Gasteiger partial charge on any atom is 0.290 e. The molecule has 1 fully saturated rings. The van der Waals surface area contributed by atoms with Crippen molar-refractivity contribution in [2.75, 3.05) is 13.1 Å². The van der Waals surface area contributed by atoms with Crippen LogP contribution in [0.4, 0.5) is 8.78 Å². The molecular weight excluding hydrogens is 444 g/mol. The summed E-state index contributed by atoms with van der Waals surface area (Å²) >= 11 is 6.49. The monoisotopic (exact) mass is 471 g/mol. The third-order valence-electron chi connectivity index (χ3n) is 6.57. The molecule has 1 saturated heterocycles. The fraction of sp³-hybridized carbons (Fsp3) is 0.346. The average molecular weight is 472 g/mol. The second kappa shape index (κ2) is 10.1. The van der Waals surface area contributed by atoms with Crippen molar-refractivity contribution in [3.63, 3.8) is 0 Å². The predicted molar refractivity (Wildman–Crippen MR) is 129 cm³/mol. The van der Waals surface area contributed by atoms with Crippen LogP contribution in [0.2, 0.25) is 5.02 Å². The van der Waals surface area contributed by atoms with Crippen LogP contribution in [0.15, 0.2) is 59.4 Å². The summed E-state index contributed by atoms with van der Waals surface area (Å²) in [4.78, 5) is 15.2. The molecule has 1 unspecified atom stereocenters. The zero-order chi connectivity index (χ0) is 23.5. The van der Waals surface area contributed by atoms with Crippen molar-refractivity contribution in [1.29, 1.82) is 0 Å². The Kier molecular flexibility index (Phi) is 7.15. The highest BCUT2D eigenvalue weighted by Crippen LogP contribution is 2.31. The first-order chi connectivity index (χ1) is 15.8. The SMILES string of the molecule is CC(c1c(Cl)c(=O)n(-c2ccc(F)cc2)n1C)N1CCC(CC=Cc2ccc(F)cc2)CC1. The number of rotatable bonds is 6. The van der Waals surface area contributed by atoms with Crippen LogP contribution in [-0.2, 0) is 7.05 Å². The van der Waals surface area contributed by atoms with Crippen molar-refractivity contribution in [2.45, 2.75) is 32.2 Å². The van der Waals surface area contributed by atoms with Gasteiger partial charge in [-0.1, -0.05) is 35.9 Å². The Morgan fingerprint density at radius 1 is 1.03 bits per heavy atom. The molecule has 1 aliphatic rings. The van der Waals surface area contributed by atoms with Crippen molar-refractivity contribution >= 4 is 17.7 Å². The molecule has 0 saturated carbocycles. The van der Waals surface area contributed by atoms with Gasteiger partial charge in [0.05, 0.1) is 17.4 Å². The first-order valence-corrected chi connectivity index (χ1v) is 11.6. The normalized spacial score (nSPS) is 16.5. The van der Waals surface area contributed by atoms with Gasteiger partial charge in [-0.3, -0.25) is 14.4 Å². The first-order valence-electron chi connectivity index (χ1n) is 11.2. The lowest BCUT2D eigenvalue weighted by molar-refractivity contribution is 0.137. The van der Waals surface area contributed by atoms with Gasteiger partial charge in [0.15, 0.2) is 0 Å². The number of piperidine rings is 1. The molecule has 3 aromatic rings. The molecule has 1 atom stereocenters. The highest BCUT2D eigenvalue weighted by molar-refractivity contribution is 6.31. The molecule has 0 amide bonds. The van der Waals surface area contributed by atoms with Crippen LogP contribution in [-0.4, -0.2) is 27.4 Å². The molecule has 33 heavy (non-hydrogen) atoms. The highest BCUT2D eigenvalue weighted by atomic mass is 35.5. The molecule has 1 aromatic heterocycles. The van der Waals surface area contributed by atoms with E-state index in [0.29, 0.717) is 11.6 Å². The smallest absolute Gasteiger partial charge is 0.290 e. The number of hydrogen-bond donors (Lipinski definition) is 0. The fourth-order valence-corrected chi connectivity index (χ4v) is 4.99. The van der Waals surface area contributed by atoms with E-state index in [9.17, 15) is 13.6 Å². The van der Waals surface area contributed by atoms with E-state index in [2.05, 4.69) is 17.9 Å². The molecule has 4 rings (SSSR count). The Labute approximate surface area is 197 Å². The van der Waals surface area contributed by atoms with Gasteiger partial charge in [-0.25, -0.2) is 13.5 Å². The minimum atomic E-state index is -0.351. The minimum absolute atomic E-state index is 0.0207. The van der Waals surface area contributed by atoms with Gasteiger partial charge in [0, 0.05) is 7.05 Å². The third kappa shape index (κ3) is 5.12. The van der Waals surface area contributed by atoms with Crippen LogP contribution in [0.3, 0.4) is 0 Å². The van der Waals surface area contributed by atoms with E-state index >= 15 is 0 Å². The quantitative estimate of drug-likeness (QED) is 0.442. The number of likely N-dealkylation sites (tertiary alicyclic amines) is 1. The maximum atomic E-state index is 13.3. The summed E-state index contributed by atoms with van der Waals surface area (Å²) < 4.78 is 29.6. The van der Waals surface area contributed by atoms with Crippen molar-refractivity contribution < 1.29 is 8.78 Å². The Bertz CT molecular complexity index is 1170. The van der Waals surface area contributed by atoms with Gasteiger partial charge in [-0.2, -0.15) is 0 Å². The highest BCUT2D eigenvalue weighted by Gasteiger charge is 2.29. The lowest BCUT2D eigenvalue weighted by Crippen LogP contribution is -2.36. The van der Waals surface area contributed by atoms with Gasteiger partial charge in [-0.05, 0) is 87.2 Å². The van der Waals surface area contributed by atoms with Crippen LogP contribution in [0.1, 0.15) is 43.5 Å². The van der Waals surface area contributed by atoms with E-state index in [-0.39, 0.29) is 28.3 Å². The van der Waals surface area contributed by atoms with Gasteiger partial charge in [0.1, 0.15) is 16.7 Å². The topological polar surface area (TPSA) is 30.2 Å². The summed E-state index contributed by atoms with van der Waals surface area (Å²) in [6, 6.07) is 12.3. The minimum Gasteiger partial charge on any atom is -0.295 e. The largest absolute Gasteiger partial charge is 0.295 e. The second-order valence-electron chi connectivity index (χ2n) is 8.66. The van der Waals surface area contributed by atoms with Crippen LogP contribution in [0.5, 0.6) is 0 Å². The summed E-state index contributed by atoms with van der Waals surface area (Å²) in [5.74, 6) is 0.0172. The number of benzene rings is 2. The number of halogens is 3. The zero-order valence-corrected chi connectivity index (χ0v) is 19.6. The van der Waals surface area contributed by atoms with Crippen molar-refractivity contribution in [3.8, 4) is 5.69 Å². The second-order valence-corrected chi connectivity index (χ2v) is 9.04. The van der Waals surface area contributed by atoms with Crippen LogP contribution in [0.25, 0.3) is 11.8 Å². The summed E-state index contributed by atoms with van der Waals surface area (Å²) in [6.07, 6.45) is 7.31. The van der Waals surface area contributed by atoms with Gasteiger partial charge in [-0.15, -0.1) is 0 Å². The Morgan fingerprint density at radius 2 is 1.61 bits per heavy atom. The zero-order valence-electron chi connectivity index (χ0n) is 18.8. The predicted octanol–water partition coefficient (Wildman–Crippen LogP) is 5.98. The molecule has 0 spiro atoms. The van der Waals surface area contributed by atoms with Crippen LogP contribution < -0.4 is 5.56 Å². The van der Waals surface area contributed by atoms with Crippen LogP contribution in [0, 0.1) is 17.6 Å². The standard InChI is InChI=1S/C26H28ClF2N3O/c1-18(25-24(27)26(33)32(30(25)2)23-12-10-22(29)11-13-23)31-16-14-20(15-17-31)5-3-4-19-6-8-21(28)9-7-19/h3-4,6-13,18,20H,5,14-17H2,1-2H3. The molecule has 2 aromatic carbocycles. The Morgan fingerprint density at radius 3 is 2.21 bits per heavy atom. The molecular formula is C26H28ClF2N3O. The van der Waals surface area contributed by atoms with Gasteiger partial charge in [0.2, 0.25) is 0 Å². The van der Waals surface area contributed by atoms with Gasteiger partial charge in [0.25, 0.3) is 5.56 Å². The van der Waals surface area contributed by atoms with E-state index < -0.39 is 0 Å². The van der Waals surface area contributed by atoms with Gasteiger partial charge < -0.3 is 0 Å². The van der Waals surface area contributed by atoms with E-state index in [1.165, 1.54) is 28.9 Å².